The lowest BCUT2D eigenvalue weighted by molar-refractivity contribution is 0.629. The molecule has 0 amide bonds. The van der Waals surface area contributed by atoms with Crippen molar-refractivity contribution in [2.24, 2.45) is 0 Å². The van der Waals surface area contributed by atoms with Crippen LogP contribution in [0.25, 0.3) is 11.3 Å². The lowest BCUT2D eigenvalue weighted by Gasteiger charge is -2.05. The minimum absolute atomic E-state index is 0.261. The van der Waals surface area contributed by atoms with Crippen LogP contribution in [0.2, 0.25) is 0 Å². The molecule has 0 atom stereocenters. The highest BCUT2D eigenvalue weighted by Crippen LogP contribution is 2.22. The lowest BCUT2D eigenvalue weighted by Crippen LogP contribution is -1.97. The van der Waals surface area contributed by atoms with E-state index in [4.69, 9.17) is 0 Å². The van der Waals surface area contributed by atoms with Crippen molar-refractivity contribution in [2.45, 2.75) is 19.8 Å². The second kappa shape index (κ2) is 5.08. The lowest BCUT2D eigenvalue weighted by atomic mass is 10.1. The first-order valence-electron chi connectivity index (χ1n) is 5.37. The monoisotopic (exact) mass is 342 g/mol. The molecule has 2 aromatic rings. The van der Waals surface area contributed by atoms with E-state index < -0.39 is 0 Å². The predicted octanol–water partition coefficient (Wildman–Crippen LogP) is 4.01. The minimum atomic E-state index is -0.261. The summed E-state index contributed by atoms with van der Waals surface area (Å²) in [6.07, 6.45) is 0. The average molecular weight is 342 g/mol. The molecule has 2 rings (SSSR count). The largest absolute Gasteiger partial charge is 0.206 e. The Hall–Kier alpha value is -1.04. The van der Waals surface area contributed by atoms with Crippen molar-refractivity contribution < 1.29 is 4.39 Å². The van der Waals surface area contributed by atoms with E-state index in [0.717, 1.165) is 9.26 Å². The highest BCUT2D eigenvalue weighted by Gasteiger charge is 2.08. The van der Waals surface area contributed by atoms with Gasteiger partial charge < -0.3 is 0 Å². The molecule has 1 aromatic carbocycles. The highest BCUT2D eigenvalue weighted by molar-refractivity contribution is 14.1. The van der Waals surface area contributed by atoms with E-state index >= 15 is 0 Å². The second-order valence-corrected chi connectivity index (χ2v) is 5.37. The van der Waals surface area contributed by atoms with Crippen molar-refractivity contribution in [3.63, 3.8) is 0 Å². The number of halogens is 2. The van der Waals surface area contributed by atoms with E-state index in [-0.39, 0.29) is 5.82 Å². The average Bonchev–Trinajstić information content (AvgIpc) is 2.29. The van der Waals surface area contributed by atoms with Crippen molar-refractivity contribution >= 4 is 22.6 Å². The third-order valence-electron chi connectivity index (χ3n) is 2.48. The fourth-order valence-corrected chi connectivity index (χ4v) is 1.94. The molecule has 1 aromatic heterocycles. The van der Waals surface area contributed by atoms with Crippen LogP contribution in [0.3, 0.4) is 0 Å². The topological polar surface area (TPSA) is 25.8 Å². The van der Waals surface area contributed by atoms with Gasteiger partial charge in [-0.1, -0.05) is 13.8 Å². The van der Waals surface area contributed by atoms with Crippen LogP contribution in [0.15, 0.2) is 30.3 Å². The zero-order valence-electron chi connectivity index (χ0n) is 9.61. The van der Waals surface area contributed by atoms with Gasteiger partial charge in [0.05, 0.1) is 11.4 Å². The molecule has 4 heteroatoms. The van der Waals surface area contributed by atoms with Gasteiger partial charge in [-0.15, -0.1) is 0 Å². The van der Waals surface area contributed by atoms with Gasteiger partial charge in [-0.2, -0.15) is 10.2 Å². The van der Waals surface area contributed by atoms with Crippen LogP contribution in [0.4, 0.5) is 4.39 Å². The van der Waals surface area contributed by atoms with Gasteiger partial charge in [0.15, 0.2) is 0 Å². The minimum Gasteiger partial charge on any atom is -0.206 e. The van der Waals surface area contributed by atoms with Gasteiger partial charge in [0, 0.05) is 9.13 Å². The molecule has 0 saturated carbocycles. The van der Waals surface area contributed by atoms with Gasteiger partial charge in [0.25, 0.3) is 0 Å². The van der Waals surface area contributed by atoms with Crippen LogP contribution in [0.5, 0.6) is 0 Å². The summed E-state index contributed by atoms with van der Waals surface area (Å²) < 4.78 is 14.6. The third-order valence-corrected chi connectivity index (χ3v) is 3.15. The fraction of sp³-hybridized carbons (Fsp3) is 0.231. The van der Waals surface area contributed by atoms with Crippen LogP contribution in [0, 0.1) is 9.39 Å². The molecule has 0 spiro atoms. The fourth-order valence-electron chi connectivity index (χ4n) is 1.49. The Morgan fingerprint density at radius 1 is 1.12 bits per heavy atom. The van der Waals surface area contributed by atoms with E-state index in [2.05, 4.69) is 46.6 Å². The molecule has 0 aliphatic carbocycles. The first-order chi connectivity index (χ1) is 8.08. The molecule has 0 fully saturated rings. The van der Waals surface area contributed by atoms with Crippen LogP contribution >= 0.6 is 22.6 Å². The number of benzene rings is 1. The van der Waals surface area contributed by atoms with Crippen molar-refractivity contribution in [3.8, 4) is 11.3 Å². The SMILES string of the molecule is CC(C)c1ccc(-c2ccc(I)cc2F)nn1. The molecular formula is C13H12FIN2. The summed E-state index contributed by atoms with van der Waals surface area (Å²) in [5.41, 5.74) is 1.98. The molecule has 0 aliphatic rings. The van der Waals surface area contributed by atoms with E-state index in [1.54, 1.807) is 6.07 Å². The maximum Gasteiger partial charge on any atom is 0.133 e. The van der Waals surface area contributed by atoms with E-state index in [0.29, 0.717) is 17.2 Å². The summed E-state index contributed by atoms with van der Waals surface area (Å²) in [7, 11) is 0. The van der Waals surface area contributed by atoms with Gasteiger partial charge in [-0.3, -0.25) is 0 Å². The zero-order chi connectivity index (χ0) is 12.4. The number of nitrogens with zero attached hydrogens (tertiary/aromatic N) is 2. The Morgan fingerprint density at radius 2 is 1.88 bits per heavy atom. The number of aromatic nitrogens is 2. The summed E-state index contributed by atoms with van der Waals surface area (Å²) in [5.74, 6) is 0.0709. The van der Waals surface area contributed by atoms with E-state index in [1.165, 1.54) is 6.07 Å². The Bertz CT molecular complexity index is 523. The molecule has 17 heavy (non-hydrogen) atoms. The van der Waals surface area contributed by atoms with Crippen molar-refractivity contribution in [2.75, 3.05) is 0 Å². The third kappa shape index (κ3) is 2.80. The Morgan fingerprint density at radius 3 is 2.41 bits per heavy atom. The maximum absolute atomic E-state index is 13.7. The first-order valence-corrected chi connectivity index (χ1v) is 6.45. The summed E-state index contributed by atoms with van der Waals surface area (Å²) in [5, 5.41) is 8.17. The van der Waals surface area contributed by atoms with E-state index in [1.807, 2.05) is 18.2 Å². The molecular weight excluding hydrogens is 330 g/mol. The van der Waals surface area contributed by atoms with Gasteiger partial charge in [0.1, 0.15) is 5.82 Å². The normalized spacial score (nSPS) is 10.9. The van der Waals surface area contributed by atoms with Gasteiger partial charge in [0.2, 0.25) is 0 Å². The smallest absolute Gasteiger partial charge is 0.133 e. The number of hydrogen-bond donors (Lipinski definition) is 0. The van der Waals surface area contributed by atoms with Crippen LogP contribution < -0.4 is 0 Å². The second-order valence-electron chi connectivity index (χ2n) is 4.12. The molecule has 88 valence electrons. The quantitative estimate of drug-likeness (QED) is 0.771. The summed E-state index contributed by atoms with van der Waals surface area (Å²) in [6.45, 7) is 4.10. The van der Waals surface area contributed by atoms with Crippen molar-refractivity contribution in [1.82, 2.24) is 10.2 Å². The molecule has 0 saturated heterocycles. The van der Waals surface area contributed by atoms with Crippen molar-refractivity contribution in [3.05, 3.63) is 45.4 Å². The molecule has 0 radical (unpaired) electrons. The highest BCUT2D eigenvalue weighted by atomic mass is 127. The molecule has 2 nitrogen and oxygen atoms in total. The maximum atomic E-state index is 13.7. The Kier molecular flexibility index (Phi) is 3.71. The Labute approximate surface area is 113 Å². The molecule has 0 unspecified atom stereocenters. The number of rotatable bonds is 2. The first kappa shape index (κ1) is 12.4. The standard InChI is InChI=1S/C13H12FIN2/c1-8(2)12-5-6-13(17-16-12)10-4-3-9(15)7-11(10)14/h3-8H,1-2H3. The van der Waals surface area contributed by atoms with Gasteiger partial charge in [-0.25, -0.2) is 4.39 Å². The summed E-state index contributed by atoms with van der Waals surface area (Å²) >= 11 is 2.08. The molecule has 0 N–H and O–H groups in total. The van der Waals surface area contributed by atoms with Crippen LogP contribution in [-0.4, -0.2) is 10.2 Å². The van der Waals surface area contributed by atoms with Crippen molar-refractivity contribution in [1.29, 1.82) is 0 Å². The van der Waals surface area contributed by atoms with Crippen LogP contribution in [0.1, 0.15) is 25.5 Å². The van der Waals surface area contributed by atoms with Gasteiger partial charge in [-0.05, 0) is 58.8 Å². The molecule has 0 aliphatic heterocycles. The predicted molar refractivity (Wildman–Crippen MR) is 74.2 cm³/mol. The summed E-state index contributed by atoms with van der Waals surface area (Å²) in [4.78, 5) is 0. The summed E-state index contributed by atoms with van der Waals surface area (Å²) in [6, 6.07) is 8.79. The van der Waals surface area contributed by atoms with Gasteiger partial charge >= 0.3 is 0 Å². The number of hydrogen-bond acceptors (Lipinski definition) is 2. The van der Waals surface area contributed by atoms with E-state index in [9.17, 15) is 4.39 Å². The molecule has 0 bridgehead atoms. The molecule has 1 heterocycles. The zero-order valence-corrected chi connectivity index (χ0v) is 11.8. The van der Waals surface area contributed by atoms with Crippen LogP contribution in [-0.2, 0) is 0 Å². The Balaban J connectivity index is 2.40.